The maximum atomic E-state index is 8.39. The summed E-state index contributed by atoms with van der Waals surface area (Å²) in [5, 5.41) is 14.5. The Hall–Kier alpha value is -1.95. The molecule has 0 fully saturated rings. The number of methoxy groups -OCH3 is 2. The van der Waals surface area contributed by atoms with E-state index in [1.165, 1.54) is 0 Å². The smallest absolute Gasteiger partial charge is 0.160 e. The molecular formula is C13H21N3O3. The van der Waals surface area contributed by atoms with Crippen molar-refractivity contribution in [1.29, 1.82) is 0 Å². The second-order valence-corrected chi connectivity index (χ2v) is 4.03. The Morgan fingerprint density at radius 2 is 2.00 bits per heavy atom. The third kappa shape index (κ3) is 5.05. The minimum Gasteiger partial charge on any atom is -0.493 e. The van der Waals surface area contributed by atoms with Crippen LogP contribution in [0.2, 0.25) is 0 Å². The molecule has 1 aromatic rings. The highest BCUT2D eigenvalue weighted by Crippen LogP contribution is 2.27. The van der Waals surface area contributed by atoms with Gasteiger partial charge in [0.15, 0.2) is 11.5 Å². The van der Waals surface area contributed by atoms with Gasteiger partial charge in [-0.15, -0.1) is 0 Å². The van der Waals surface area contributed by atoms with E-state index in [9.17, 15) is 0 Å². The summed E-state index contributed by atoms with van der Waals surface area (Å²) in [6.45, 7) is 1.50. The predicted molar refractivity (Wildman–Crippen MR) is 74.1 cm³/mol. The fourth-order valence-electron chi connectivity index (χ4n) is 1.66. The molecule has 6 nitrogen and oxygen atoms in total. The van der Waals surface area contributed by atoms with Gasteiger partial charge in [-0.25, -0.2) is 0 Å². The molecule has 0 unspecified atom stereocenters. The van der Waals surface area contributed by atoms with Crippen LogP contribution in [-0.2, 0) is 6.42 Å². The highest BCUT2D eigenvalue weighted by Gasteiger charge is 2.04. The summed E-state index contributed by atoms with van der Waals surface area (Å²) in [6, 6.07) is 5.86. The standard InChI is InChI=1S/C13H21N3O3/c1-18-11-4-3-10(9-12(11)19-2)5-7-15-8-6-13(14)16-17/h3-4,9,15,17H,5-8H2,1-2H3,(H2,14,16). The average Bonchev–Trinajstić information content (AvgIpc) is 2.46. The van der Waals surface area contributed by atoms with E-state index in [1.807, 2.05) is 18.2 Å². The van der Waals surface area contributed by atoms with Crippen LogP contribution in [0.5, 0.6) is 11.5 Å². The van der Waals surface area contributed by atoms with Crippen LogP contribution < -0.4 is 20.5 Å². The molecule has 19 heavy (non-hydrogen) atoms. The molecule has 0 aliphatic rings. The first-order valence-corrected chi connectivity index (χ1v) is 6.09. The number of rotatable bonds is 8. The molecule has 0 spiro atoms. The van der Waals surface area contributed by atoms with Gasteiger partial charge >= 0.3 is 0 Å². The van der Waals surface area contributed by atoms with Crippen LogP contribution in [0.25, 0.3) is 0 Å². The number of nitrogens with two attached hydrogens (primary N) is 1. The lowest BCUT2D eigenvalue weighted by Gasteiger charge is -2.10. The van der Waals surface area contributed by atoms with Crippen LogP contribution in [0.1, 0.15) is 12.0 Å². The van der Waals surface area contributed by atoms with Crippen molar-refractivity contribution in [3.05, 3.63) is 23.8 Å². The summed E-state index contributed by atoms with van der Waals surface area (Å²) in [7, 11) is 3.24. The van der Waals surface area contributed by atoms with Gasteiger partial charge in [-0.05, 0) is 30.7 Å². The Balaban J connectivity index is 2.37. The van der Waals surface area contributed by atoms with Crippen molar-refractivity contribution in [3.8, 4) is 11.5 Å². The Morgan fingerprint density at radius 3 is 2.63 bits per heavy atom. The van der Waals surface area contributed by atoms with Gasteiger partial charge in [0.25, 0.3) is 0 Å². The zero-order valence-corrected chi connectivity index (χ0v) is 11.3. The third-order valence-corrected chi connectivity index (χ3v) is 2.72. The van der Waals surface area contributed by atoms with E-state index in [1.54, 1.807) is 14.2 Å². The molecule has 0 atom stereocenters. The first kappa shape index (κ1) is 15.1. The number of amidine groups is 1. The van der Waals surface area contributed by atoms with E-state index in [0.717, 1.165) is 30.0 Å². The zero-order chi connectivity index (χ0) is 14.1. The van der Waals surface area contributed by atoms with E-state index in [2.05, 4.69) is 10.5 Å². The van der Waals surface area contributed by atoms with Gasteiger partial charge < -0.3 is 25.7 Å². The summed E-state index contributed by atoms with van der Waals surface area (Å²) >= 11 is 0. The van der Waals surface area contributed by atoms with Crippen LogP contribution >= 0.6 is 0 Å². The van der Waals surface area contributed by atoms with E-state index in [4.69, 9.17) is 20.4 Å². The van der Waals surface area contributed by atoms with Crippen LogP contribution in [0.4, 0.5) is 0 Å². The molecule has 0 radical (unpaired) electrons. The van der Waals surface area contributed by atoms with Crippen molar-refractivity contribution in [2.75, 3.05) is 27.3 Å². The van der Waals surface area contributed by atoms with Crippen molar-refractivity contribution in [2.45, 2.75) is 12.8 Å². The van der Waals surface area contributed by atoms with Crippen molar-refractivity contribution in [1.82, 2.24) is 5.32 Å². The number of benzene rings is 1. The normalized spacial score (nSPS) is 11.4. The average molecular weight is 267 g/mol. The Kier molecular flexibility index (Phi) is 6.52. The summed E-state index contributed by atoms with van der Waals surface area (Å²) in [5.74, 6) is 1.70. The molecule has 1 aromatic carbocycles. The molecule has 4 N–H and O–H groups in total. The van der Waals surface area contributed by atoms with Gasteiger partial charge in [0, 0.05) is 13.0 Å². The van der Waals surface area contributed by atoms with Gasteiger partial charge in [0.2, 0.25) is 0 Å². The minimum atomic E-state index is 0.235. The zero-order valence-electron chi connectivity index (χ0n) is 11.3. The highest BCUT2D eigenvalue weighted by atomic mass is 16.5. The fraction of sp³-hybridized carbons (Fsp3) is 0.462. The van der Waals surface area contributed by atoms with Crippen molar-refractivity contribution < 1.29 is 14.7 Å². The molecule has 0 saturated carbocycles. The molecule has 106 valence electrons. The summed E-state index contributed by atoms with van der Waals surface area (Å²) in [5.41, 5.74) is 6.53. The van der Waals surface area contributed by atoms with Gasteiger partial charge in [0.1, 0.15) is 5.84 Å². The van der Waals surface area contributed by atoms with Crippen LogP contribution in [0.15, 0.2) is 23.4 Å². The lowest BCUT2D eigenvalue weighted by atomic mass is 10.1. The molecule has 0 amide bonds. The van der Waals surface area contributed by atoms with Crippen LogP contribution in [0.3, 0.4) is 0 Å². The number of nitrogens with zero attached hydrogens (tertiary/aromatic N) is 1. The molecule has 0 aliphatic carbocycles. The van der Waals surface area contributed by atoms with Crippen LogP contribution in [-0.4, -0.2) is 38.4 Å². The number of ether oxygens (including phenoxy) is 2. The first-order valence-electron chi connectivity index (χ1n) is 6.09. The number of nitrogens with one attached hydrogen (secondary N) is 1. The maximum Gasteiger partial charge on any atom is 0.160 e. The molecule has 1 rings (SSSR count). The number of hydrogen-bond acceptors (Lipinski definition) is 5. The Labute approximate surface area is 113 Å². The second kappa shape index (κ2) is 8.20. The summed E-state index contributed by atoms with van der Waals surface area (Å²) in [4.78, 5) is 0. The maximum absolute atomic E-state index is 8.39. The van der Waals surface area contributed by atoms with E-state index in [0.29, 0.717) is 13.0 Å². The largest absolute Gasteiger partial charge is 0.493 e. The summed E-state index contributed by atoms with van der Waals surface area (Å²) in [6.07, 6.45) is 1.40. The molecule has 0 heterocycles. The monoisotopic (exact) mass is 267 g/mol. The SMILES string of the molecule is COc1ccc(CCNCCC(N)=NO)cc1OC. The van der Waals surface area contributed by atoms with Gasteiger partial charge in [-0.2, -0.15) is 0 Å². The Morgan fingerprint density at radius 1 is 1.26 bits per heavy atom. The molecular weight excluding hydrogens is 246 g/mol. The predicted octanol–water partition coefficient (Wildman–Crippen LogP) is 0.972. The molecule has 0 aliphatic heterocycles. The second-order valence-electron chi connectivity index (χ2n) is 4.03. The fourth-order valence-corrected chi connectivity index (χ4v) is 1.66. The molecule has 0 aromatic heterocycles. The molecule has 6 heteroatoms. The van der Waals surface area contributed by atoms with Gasteiger partial charge in [-0.1, -0.05) is 11.2 Å². The lowest BCUT2D eigenvalue weighted by molar-refractivity contribution is 0.316. The van der Waals surface area contributed by atoms with Crippen molar-refractivity contribution in [2.24, 2.45) is 10.9 Å². The molecule has 0 bridgehead atoms. The quantitative estimate of drug-likeness (QED) is 0.215. The highest BCUT2D eigenvalue weighted by molar-refractivity contribution is 5.79. The Bertz CT molecular complexity index is 422. The van der Waals surface area contributed by atoms with E-state index in [-0.39, 0.29) is 5.84 Å². The third-order valence-electron chi connectivity index (χ3n) is 2.72. The van der Waals surface area contributed by atoms with E-state index >= 15 is 0 Å². The number of hydrogen-bond donors (Lipinski definition) is 3. The number of oxime groups is 1. The minimum absolute atomic E-state index is 0.235. The van der Waals surface area contributed by atoms with Gasteiger partial charge in [0.05, 0.1) is 14.2 Å². The lowest BCUT2D eigenvalue weighted by Crippen LogP contribution is -2.24. The van der Waals surface area contributed by atoms with E-state index < -0.39 is 0 Å². The first-order chi connectivity index (χ1) is 9.21. The molecule has 0 saturated heterocycles. The van der Waals surface area contributed by atoms with Crippen molar-refractivity contribution >= 4 is 5.84 Å². The topological polar surface area (TPSA) is 89.1 Å². The van der Waals surface area contributed by atoms with Crippen LogP contribution in [0, 0.1) is 0 Å². The van der Waals surface area contributed by atoms with Gasteiger partial charge in [-0.3, -0.25) is 0 Å². The summed E-state index contributed by atoms with van der Waals surface area (Å²) < 4.78 is 10.4. The van der Waals surface area contributed by atoms with Crippen molar-refractivity contribution in [3.63, 3.8) is 0 Å².